The summed E-state index contributed by atoms with van der Waals surface area (Å²) in [5, 5.41) is 12.1. The predicted molar refractivity (Wildman–Crippen MR) is 59.5 cm³/mol. The molecule has 0 aromatic rings. The first-order valence-electron chi connectivity index (χ1n) is 5.74. The van der Waals surface area contributed by atoms with Gasteiger partial charge in [0, 0.05) is 20.2 Å². The molecule has 0 aliphatic carbocycles. The van der Waals surface area contributed by atoms with Crippen molar-refractivity contribution in [2.24, 2.45) is 5.92 Å². The zero-order valence-corrected chi connectivity index (χ0v) is 9.70. The van der Waals surface area contributed by atoms with E-state index in [9.17, 15) is 4.79 Å². The van der Waals surface area contributed by atoms with E-state index in [2.05, 4.69) is 5.32 Å². The standard InChI is InChI=1S/C11H22N2O2/c1-9(8-14)4-3-6-12-10-5-7-13(2)11(10)15/h9-10,12,14H,3-8H2,1-2H3. The van der Waals surface area contributed by atoms with Gasteiger partial charge in [-0.15, -0.1) is 0 Å². The maximum atomic E-state index is 11.5. The molecule has 0 spiro atoms. The van der Waals surface area contributed by atoms with E-state index in [1.54, 1.807) is 4.90 Å². The molecule has 0 bridgehead atoms. The summed E-state index contributed by atoms with van der Waals surface area (Å²) in [6, 6.07) is 0.0273. The lowest BCUT2D eigenvalue weighted by atomic mass is 10.1. The molecule has 1 aliphatic heterocycles. The largest absolute Gasteiger partial charge is 0.396 e. The van der Waals surface area contributed by atoms with Crippen molar-refractivity contribution in [1.29, 1.82) is 0 Å². The minimum absolute atomic E-state index is 0.0273. The van der Waals surface area contributed by atoms with Crippen LogP contribution in [0.1, 0.15) is 26.2 Å². The molecule has 15 heavy (non-hydrogen) atoms. The molecule has 4 nitrogen and oxygen atoms in total. The number of nitrogens with one attached hydrogen (secondary N) is 1. The number of likely N-dealkylation sites (tertiary alicyclic amines) is 1. The summed E-state index contributed by atoms with van der Waals surface area (Å²) in [4.78, 5) is 13.3. The van der Waals surface area contributed by atoms with Crippen molar-refractivity contribution in [3.63, 3.8) is 0 Å². The molecule has 1 amide bonds. The summed E-state index contributed by atoms with van der Waals surface area (Å²) in [6.45, 7) is 4.03. The van der Waals surface area contributed by atoms with Crippen LogP contribution in [-0.2, 0) is 4.79 Å². The third kappa shape index (κ3) is 3.80. The number of aliphatic hydroxyl groups is 1. The molecule has 88 valence electrons. The minimum Gasteiger partial charge on any atom is -0.396 e. The first kappa shape index (κ1) is 12.5. The number of carbonyl (C=O) groups excluding carboxylic acids is 1. The third-order valence-corrected chi connectivity index (χ3v) is 3.00. The molecule has 1 fully saturated rings. The van der Waals surface area contributed by atoms with Crippen LogP contribution < -0.4 is 5.32 Å². The van der Waals surface area contributed by atoms with Crippen molar-refractivity contribution in [2.75, 3.05) is 26.7 Å². The molecule has 1 rings (SSSR count). The SMILES string of the molecule is CC(CO)CCCNC1CCN(C)C1=O. The number of carbonyl (C=O) groups is 1. The van der Waals surface area contributed by atoms with Crippen LogP contribution in [0.2, 0.25) is 0 Å². The summed E-state index contributed by atoms with van der Waals surface area (Å²) in [6.07, 6.45) is 2.96. The fraction of sp³-hybridized carbons (Fsp3) is 0.909. The van der Waals surface area contributed by atoms with Crippen LogP contribution in [-0.4, -0.2) is 48.7 Å². The smallest absolute Gasteiger partial charge is 0.239 e. The highest BCUT2D eigenvalue weighted by Gasteiger charge is 2.27. The second kappa shape index (κ2) is 6.08. The van der Waals surface area contributed by atoms with Crippen LogP contribution in [0.3, 0.4) is 0 Å². The molecule has 0 aromatic heterocycles. The molecule has 1 saturated heterocycles. The molecule has 2 unspecified atom stereocenters. The van der Waals surface area contributed by atoms with Gasteiger partial charge in [0.05, 0.1) is 6.04 Å². The zero-order valence-electron chi connectivity index (χ0n) is 9.70. The zero-order chi connectivity index (χ0) is 11.3. The van der Waals surface area contributed by atoms with Gasteiger partial charge in [-0.05, 0) is 31.7 Å². The summed E-state index contributed by atoms with van der Waals surface area (Å²) in [5.41, 5.74) is 0. The Kier molecular flexibility index (Phi) is 5.05. The molecular formula is C11H22N2O2. The monoisotopic (exact) mass is 214 g/mol. The van der Waals surface area contributed by atoms with E-state index in [1.807, 2.05) is 14.0 Å². The van der Waals surface area contributed by atoms with Crippen LogP contribution in [0, 0.1) is 5.92 Å². The van der Waals surface area contributed by atoms with Gasteiger partial charge in [0.25, 0.3) is 0 Å². The van der Waals surface area contributed by atoms with Crippen molar-refractivity contribution < 1.29 is 9.90 Å². The average Bonchev–Trinajstić information content (AvgIpc) is 2.55. The number of amides is 1. The van der Waals surface area contributed by atoms with Crippen molar-refractivity contribution >= 4 is 5.91 Å². The van der Waals surface area contributed by atoms with Crippen molar-refractivity contribution in [3.8, 4) is 0 Å². The van der Waals surface area contributed by atoms with Gasteiger partial charge in [0.15, 0.2) is 0 Å². The van der Waals surface area contributed by atoms with Gasteiger partial charge in [-0.1, -0.05) is 6.92 Å². The summed E-state index contributed by atoms with van der Waals surface area (Å²) in [5.74, 6) is 0.582. The molecule has 0 radical (unpaired) electrons. The number of likely N-dealkylation sites (N-methyl/N-ethyl adjacent to an activating group) is 1. The highest BCUT2D eigenvalue weighted by atomic mass is 16.3. The number of rotatable bonds is 6. The Morgan fingerprint density at radius 1 is 1.67 bits per heavy atom. The molecule has 1 aliphatic rings. The van der Waals surface area contributed by atoms with Gasteiger partial charge in [-0.2, -0.15) is 0 Å². The first-order chi connectivity index (χ1) is 7.15. The van der Waals surface area contributed by atoms with Crippen LogP contribution >= 0.6 is 0 Å². The first-order valence-corrected chi connectivity index (χ1v) is 5.74. The van der Waals surface area contributed by atoms with E-state index < -0.39 is 0 Å². The van der Waals surface area contributed by atoms with Crippen molar-refractivity contribution in [2.45, 2.75) is 32.2 Å². The Morgan fingerprint density at radius 2 is 2.40 bits per heavy atom. The Hall–Kier alpha value is -0.610. The van der Waals surface area contributed by atoms with Gasteiger partial charge >= 0.3 is 0 Å². The molecular weight excluding hydrogens is 192 g/mol. The Balaban J connectivity index is 2.08. The van der Waals surface area contributed by atoms with Gasteiger partial charge in [-0.3, -0.25) is 4.79 Å². The molecule has 1 heterocycles. The van der Waals surface area contributed by atoms with E-state index in [-0.39, 0.29) is 18.6 Å². The fourth-order valence-electron chi connectivity index (χ4n) is 1.83. The molecule has 4 heteroatoms. The maximum Gasteiger partial charge on any atom is 0.239 e. The van der Waals surface area contributed by atoms with Gasteiger partial charge < -0.3 is 15.3 Å². The highest BCUT2D eigenvalue weighted by molar-refractivity contribution is 5.83. The van der Waals surface area contributed by atoms with Gasteiger partial charge in [0.2, 0.25) is 5.91 Å². The van der Waals surface area contributed by atoms with E-state index in [0.29, 0.717) is 5.92 Å². The van der Waals surface area contributed by atoms with E-state index >= 15 is 0 Å². The molecule has 2 N–H and O–H groups in total. The van der Waals surface area contributed by atoms with Crippen LogP contribution in [0.15, 0.2) is 0 Å². The normalized spacial score (nSPS) is 23.5. The maximum absolute atomic E-state index is 11.5. The van der Waals surface area contributed by atoms with Crippen LogP contribution in [0.25, 0.3) is 0 Å². The Bertz CT molecular complexity index is 209. The average molecular weight is 214 g/mol. The number of aliphatic hydroxyl groups excluding tert-OH is 1. The van der Waals surface area contributed by atoms with Crippen molar-refractivity contribution in [1.82, 2.24) is 10.2 Å². The molecule has 0 saturated carbocycles. The Morgan fingerprint density at radius 3 is 2.93 bits per heavy atom. The van der Waals surface area contributed by atoms with Crippen LogP contribution in [0.5, 0.6) is 0 Å². The summed E-state index contributed by atoms with van der Waals surface area (Å²) >= 11 is 0. The number of hydrogen-bond acceptors (Lipinski definition) is 3. The second-order valence-electron chi connectivity index (χ2n) is 4.49. The van der Waals surface area contributed by atoms with Crippen LogP contribution in [0.4, 0.5) is 0 Å². The number of nitrogens with zero attached hydrogens (tertiary/aromatic N) is 1. The predicted octanol–water partition coefficient (Wildman–Crippen LogP) is 0.215. The van der Waals surface area contributed by atoms with E-state index in [0.717, 1.165) is 32.4 Å². The van der Waals surface area contributed by atoms with Gasteiger partial charge in [0.1, 0.15) is 0 Å². The Labute approximate surface area is 91.6 Å². The fourth-order valence-corrected chi connectivity index (χ4v) is 1.83. The molecule has 0 aromatic carbocycles. The van der Waals surface area contributed by atoms with Gasteiger partial charge in [-0.25, -0.2) is 0 Å². The lowest BCUT2D eigenvalue weighted by Gasteiger charge is -2.13. The quantitative estimate of drug-likeness (QED) is 0.622. The minimum atomic E-state index is 0.0273. The summed E-state index contributed by atoms with van der Waals surface area (Å²) in [7, 11) is 1.85. The number of hydrogen-bond donors (Lipinski definition) is 2. The third-order valence-electron chi connectivity index (χ3n) is 3.00. The van der Waals surface area contributed by atoms with E-state index in [4.69, 9.17) is 5.11 Å². The lowest BCUT2D eigenvalue weighted by molar-refractivity contribution is -0.128. The summed E-state index contributed by atoms with van der Waals surface area (Å²) < 4.78 is 0. The van der Waals surface area contributed by atoms with Crippen molar-refractivity contribution in [3.05, 3.63) is 0 Å². The highest BCUT2D eigenvalue weighted by Crippen LogP contribution is 2.09. The lowest BCUT2D eigenvalue weighted by Crippen LogP contribution is -2.37. The second-order valence-corrected chi connectivity index (χ2v) is 4.49. The van der Waals surface area contributed by atoms with E-state index in [1.165, 1.54) is 0 Å². The molecule has 2 atom stereocenters. The topological polar surface area (TPSA) is 52.6 Å².